The van der Waals surface area contributed by atoms with Crippen LogP contribution < -0.4 is 10.5 Å². The lowest BCUT2D eigenvalue weighted by atomic mass is 10.0. The van der Waals surface area contributed by atoms with Crippen LogP contribution in [0.3, 0.4) is 0 Å². The van der Waals surface area contributed by atoms with Crippen LogP contribution in [0.2, 0.25) is 0 Å². The fourth-order valence-electron chi connectivity index (χ4n) is 1.80. The Kier molecular flexibility index (Phi) is 4.36. The maximum absolute atomic E-state index is 5.74. The number of aryl methyl sites for hydroxylation is 1. The molecule has 1 heterocycles. The molecule has 0 aliphatic carbocycles. The highest BCUT2D eigenvalue weighted by molar-refractivity contribution is 5.71. The van der Waals surface area contributed by atoms with Crippen LogP contribution in [0, 0.1) is 6.92 Å². The molecule has 4 heteroatoms. The maximum atomic E-state index is 5.74. The smallest absolute Gasteiger partial charge is 0.127 e. The number of para-hydroxylation sites is 1. The summed E-state index contributed by atoms with van der Waals surface area (Å²) in [5.74, 6) is 1.38. The van der Waals surface area contributed by atoms with Crippen molar-refractivity contribution in [2.24, 2.45) is 0 Å². The van der Waals surface area contributed by atoms with E-state index in [1.807, 2.05) is 37.3 Å². The molecule has 100 valence electrons. The first kappa shape index (κ1) is 13.4. The zero-order chi connectivity index (χ0) is 13.7. The van der Waals surface area contributed by atoms with Gasteiger partial charge >= 0.3 is 0 Å². The standard InChI is InChI=1S/C15H18N2O2/c1-11-9-12(10-17-15(11)16)13-5-3-4-6-14(13)19-8-7-18-2/h3-6,9-10H,7-8H2,1-2H3,(H2,16,17). The average Bonchev–Trinajstić information content (AvgIpc) is 2.43. The lowest BCUT2D eigenvalue weighted by Gasteiger charge is -2.12. The van der Waals surface area contributed by atoms with E-state index in [9.17, 15) is 0 Å². The van der Waals surface area contributed by atoms with Gasteiger partial charge in [0.15, 0.2) is 0 Å². The molecule has 0 amide bonds. The number of anilines is 1. The number of methoxy groups -OCH3 is 1. The van der Waals surface area contributed by atoms with Gasteiger partial charge in [0.05, 0.1) is 6.61 Å². The summed E-state index contributed by atoms with van der Waals surface area (Å²) in [6.07, 6.45) is 1.76. The summed E-state index contributed by atoms with van der Waals surface area (Å²) in [6.45, 7) is 3.03. The van der Waals surface area contributed by atoms with Gasteiger partial charge in [-0.15, -0.1) is 0 Å². The monoisotopic (exact) mass is 258 g/mol. The van der Waals surface area contributed by atoms with E-state index in [1.165, 1.54) is 0 Å². The Balaban J connectivity index is 2.30. The molecule has 0 bridgehead atoms. The molecule has 0 aliphatic rings. The number of benzene rings is 1. The van der Waals surface area contributed by atoms with Crippen LogP contribution in [0.15, 0.2) is 36.5 Å². The van der Waals surface area contributed by atoms with Crippen molar-refractivity contribution < 1.29 is 9.47 Å². The van der Waals surface area contributed by atoms with Crippen molar-refractivity contribution in [2.75, 3.05) is 26.1 Å². The third-order valence-corrected chi connectivity index (χ3v) is 2.86. The van der Waals surface area contributed by atoms with E-state index in [1.54, 1.807) is 13.3 Å². The predicted octanol–water partition coefficient (Wildman–Crippen LogP) is 2.66. The SMILES string of the molecule is COCCOc1ccccc1-c1cnc(N)c(C)c1. The van der Waals surface area contributed by atoms with Crippen LogP contribution in [0.4, 0.5) is 5.82 Å². The highest BCUT2D eigenvalue weighted by Crippen LogP contribution is 2.30. The molecule has 0 fully saturated rings. The minimum atomic E-state index is 0.523. The Hall–Kier alpha value is -2.07. The number of hydrogen-bond acceptors (Lipinski definition) is 4. The van der Waals surface area contributed by atoms with E-state index in [0.717, 1.165) is 22.4 Å². The van der Waals surface area contributed by atoms with Gasteiger partial charge in [-0.25, -0.2) is 4.98 Å². The minimum absolute atomic E-state index is 0.523. The summed E-state index contributed by atoms with van der Waals surface area (Å²) in [5, 5.41) is 0. The number of aromatic nitrogens is 1. The van der Waals surface area contributed by atoms with Gasteiger partial charge in [-0.1, -0.05) is 18.2 Å². The van der Waals surface area contributed by atoms with E-state index in [0.29, 0.717) is 19.0 Å². The number of pyridine rings is 1. The van der Waals surface area contributed by atoms with Gasteiger partial charge < -0.3 is 15.2 Å². The highest BCUT2D eigenvalue weighted by Gasteiger charge is 2.07. The van der Waals surface area contributed by atoms with E-state index in [-0.39, 0.29) is 0 Å². The first-order chi connectivity index (χ1) is 9.22. The van der Waals surface area contributed by atoms with E-state index >= 15 is 0 Å². The zero-order valence-electron chi connectivity index (χ0n) is 11.2. The Labute approximate surface area is 113 Å². The Morgan fingerprint density at radius 2 is 2.00 bits per heavy atom. The van der Waals surface area contributed by atoms with E-state index in [2.05, 4.69) is 4.98 Å². The van der Waals surface area contributed by atoms with E-state index in [4.69, 9.17) is 15.2 Å². The number of ether oxygens (including phenoxy) is 2. The van der Waals surface area contributed by atoms with Gasteiger partial charge in [-0.2, -0.15) is 0 Å². The second-order valence-corrected chi connectivity index (χ2v) is 4.26. The fourth-order valence-corrected chi connectivity index (χ4v) is 1.80. The molecule has 1 aromatic heterocycles. The molecule has 4 nitrogen and oxygen atoms in total. The third-order valence-electron chi connectivity index (χ3n) is 2.86. The molecule has 1 aromatic carbocycles. The van der Waals surface area contributed by atoms with Gasteiger partial charge in [0.2, 0.25) is 0 Å². The number of rotatable bonds is 5. The molecular weight excluding hydrogens is 240 g/mol. The molecule has 0 aliphatic heterocycles. The molecule has 2 N–H and O–H groups in total. The molecule has 19 heavy (non-hydrogen) atoms. The Morgan fingerprint density at radius 3 is 2.74 bits per heavy atom. The van der Waals surface area contributed by atoms with Crippen molar-refractivity contribution in [3.63, 3.8) is 0 Å². The molecule has 0 saturated carbocycles. The summed E-state index contributed by atoms with van der Waals surface area (Å²) in [4.78, 5) is 4.19. The molecule has 0 atom stereocenters. The summed E-state index contributed by atoms with van der Waals surface area (Å²) < 4.78 is 10.7. The molecule has 0 saturated heterocycles. The van der Waals surface area contributed by atoms with Gasteiger partial charge in [0, 0.05) is 24.4 Å². The zero-order valence-corrected chi connectivity index (χ0v) is 11.2. The average molecular weight is 258 g/mol. The second-order valence-electron chi connectivity index (χ2n) is 4.26. The van der Waals surface area contributed by atoms with Crippen molar-refractivity contribution in [2.45, 2.75) is 6.92 Å². The highest BCUT2D eigenvalue weighted by atomic mass is 16.5. The minimum Gasteiger partial charge on any atom is -0.491 e. The van der Waals surface area contributed by atoms with Crippen molar-refractivity contribution in [1.29, 1.82) is 0 Å². The summed E-state index contributed by atoms with van der Waals surface area (Å²) in [5.41, 5.74) is 8.71. The molecule has 0 spiro atoms. The van der Waals surface area contributed by atoms with Gasteiger partial charge in [0.1, 0.15) is 18.2 Å². The van der Waals surface area contributed by atoms with Crippen LogP contribution in [-0.2, 0) is 4.74 Å². The Bertz CT molecular complexity index is 556. The lowest BCUT2D eigenvalue weighted by molar-refractivity contribution is 0.146. The number of nitrogens with zero attached hydrogens (tertiary/aromatic N) is 1. The lowest BCUT2D eigenvalue weighted by Crippen LogP contribution is -2.05. The fraction of sp³-hybridized carbons (Fsp3) is 0.267. The van der Waals surface area contributed by atoms with Crippen LogP contribution in [0.5, 0.6) is 5.75 Å². The number of hydrogen-bond donors (Lipinski definition) is 1. The van der Waals surface area contributed by atoms with Crippen molar-refractivity contribution in [3.8, 4) is 16.9 Å². The summed E-state index contributed by atoms with van der Waals surface area (Å²) in [6, 6.07) is 9.89. The molecule has 0 unspecified atom stereocenters. The second kappa shape index (κ2) is 6.20. The van der Waals surface area contributed by atoms with Gasteiger partial charge in [-0.05, 0) is 24.6 Å². The van der Waals surface area contributed by atoms with Gasteiger partial charge in [0.25, 0.3) is 0 Å². The topological polar surface area (TPSA) is 57.4 Å². The first-order valence-electron chi connectivity index (χ1n) is 6.15. The number of nitrogen functional groups attached to an aromatic ring is 1. The third kappa shape index (κ3) is 3.23. The van der Waals surface area contributed by atoms with Crippen LogP contribution in [-0.4, -0.2) is 25.3 Å². The van der Waals surface area contributed by atoms with Crippen molar-refractivity contribution in [3.05, 3.63) is 42.1 Å². The summed E-state index contributed by atoms with van der Waals surface area (Å²) in [7, 11) is 1.66. The van der Waals surface area contributed by atoms with Crippen molar-refractivity contribution >= 4 is 5.82 Å². The van der Waals surface area contributed by atoms with Crippen LogP contribution >= 0.6 is 0 Å². The van der Waals surface area contributed by atoms with Crippen molar-refractivity contribution in [1.82, 2.24) is 4.98 Å². The first-order valence-corrected chi connectivity index (χ1v) is 6.15. The van der Waals surface area contributed by atoms with Crippen LogP contribution in [0.25, 0.3) is 11.1 Å². The molecule has 2 rings (SSSR count). The quantitative estimate of drug-likeness (QED) is 0.838. The van der Waals surface area contributed by atoms with E-state index < -0.39 is 0 Å². The van der Waals surface area contributed by atoms with Crippen LogP contribution in [0.1, 0.15) is 5.56 Å². The van der Waals surface area contributed by atoms with Gasteiger partial charge in [-0.3, -0.25) is 0 Å². The normalized spacial score (nSPS) is 10.4. The number of nitrogens with two attached hydrogens (primary N) is 1. The Morgan fingerprint density at radius 1 is 1.21 bits per heavy atom. The predicted molar refractivity (Wildman–Crippen MR) is 76.2 cm³/mol. The summed E-state index contributed by atoms with van der Waals surface area (Å²) >= 11 is 0. The largest absolute Gasteiger partial charge is 0.491 e. The molecule has 0 radical (unpaired) electrons. The molecular formula is C15H18N2O2. The molecule has 2 aromatic rings. The maximum Gasteiger partial charge on any atom is 0.127 e.